The molecule has 0 bridgehead atoms. The smallest absolute Gasteiger partial charge is 0.255 e. The molecule has 0 aliphatic rings. The average molecular weight is 301 g/mol. The number of oxazole rings is 1. The lowest BCUT2D eigenvalue weighted by molar-refractivity contribution is 0.425. The zero-order valence-electron chi connectivity index (χ0n) is 12.3. The van der Waals surface area contributed by atoms with Crippen LogP contribution in [-0.4, -0.2) is 17.3 Å². The van der Waals surface area contributed by atoms with Gasteiger partial charge in [-0.15, -0.1) is 0 Å². The van der Waals surface area contributed by atoms with Crippen molar-refractivity contribution in [2.45, 2.75) is 31.0 Å². The summed E-state index contributed by atoms with van der Waals surface area (Å²) >= 11 is 1.54. The van der Waals surface area contributed by atoms with E-state index in [-0.39, 0.29) is 0 Å². The van der Waals surface area contributed by atoms with Gasteiger partial charge in [0.1, 0.15) is 11.8 Å². The van der Waals surface area contributed by atoms with E-state index < -0.39 is 5.54 Å². The Morgan fingerprint density at radius 3 is 2.71 bits per heavy atom. The maximum absolute atomic E-state index is 9.70. The first-order chi connectivity index (χ1) is 10.2. The monoisotopic (exact) mass is 301 g/mol. The van der Waals surface area contributed by atoms with Gasteiger partial charge in [-0.1, -0.05) is 49.0 Å². The number of thioether (sulfide) groups is 1. The molecular weight excluding hydrogens is 282 g/mol. The molecule has 21 heavy (non-hydrogen) atoms. The lowest BCUT2D eigenvalue weighted by atomic mass is 9.88. The summed E-state index contributed by atoms with van der Waals surface area (Å²) in [5.74, 6) is 0.759. The van der Waals surface area contributed by atoms with Crippen LogP contribution in [0.15, 0.2) is 46.2 Å². The van der Waals surface area contributed by atoms with Gasteiger partial charge in [-0.2, -0.15) is 5.26 Å². The Morgan fingerprint density at radius 1 is 1.38 bits per heavy atom. The number of aryl methyl sites for hydroxylation is 1. The lowest BCUT2D eigenvalue weighted by Gasteiger charge is -2.27. The fourth-order valence-corrected chi connectivity index (χ4v) is 3.12. The van der Waals surface area contributed by atoms with Crippen LogP contribution in [0.1, 0.15) is 24.6 Å². The number of hydrogen-bond donors (Lipinski definition) is 1. The highest BCUT2D eigenvalue weighted by atomic mass is 32.2. The minimum Gasteiger partial charge on any atom is -0.440 e. The predicted octanol–water partition coefficient (Wildman–Crippen LogP) is 3.49. The molecule has 110 valence electrons. The minimum absolute atomic E-state index is 0.656. The molecule has 2 aromatic rings. The Balaban J connectivity index is 2.08. The first-order valence-corrected chi connectivity index (χ1v) is 7.95. The number of nitriles is 1. The first-order valence-electron chi connectivity index (χ1n) is 6.97. The van der Waals surface area contributed by atoms with Gasteiger partial charge in [-0.3, -0.25) is 5.32 Å². The molecule has 1 N–H and O–H groups in total. The predicted molar refractivity (Wildman–Crippen MR) is 84.0 cm³/mol. The van der Waals surface area contributed by atoms with E-state index in [1.165, 1.54) is 11.8 Å². The maximum Gasteiger partial charge on any atom is 0.255 e. The van der Waals surface area contributed by atoms with Crippen LogP contribution >= 0.6 is 11.8 Å². The molecule has 0 spiro atoms. The summed E-state index contributed by atoms with van der Waals surface area (Å²) in [6.07, 6.45) is 2.33. The van der Waals surface area contributed by atoms with E-state index in [4.69, 9.17) is 4.42 Å². The van der Waals surface area contributed by atoms with Gasteiger partial charge in [0.05, 0.1) is 11.8 Å². The highest BCUT2D eigenvalue weighted by Crippen LogP contribution is 2.28. The molecule has 0 radical (unpaired) electrons. The van der Waals surface area contributed by atoms with E-state index in [9.17, 15) is 5.26 Å². The van der Waals surface area contributed by atoms with Crippen LogP contribution in [0.3, 0.4) is 0 Å². The third-order valence-electron chi connectivity index (χ3n) is 3.24. The standard InChI is InChI=1S/C16H19N3OS/c1-3-18-16(12-17,14-7-5-4-6-8-14)9-10-21-15-19-13(2)11-20-15/h4-8,11,18H,3,9-10H2,1-2H3. The number of rotatable bonds is 7. The highest BCUT2D eigenvalue weighted by Gasteiger charge is 2.30. The molecule has 1 aromatic heterocycles. The van der Waals surface area contributed by atoms with Gasteiger partial charge in [0, 0.05) is 5.75 Å². The largest absolute Gasteiger partial charge is 0.440 e. The molecule has 1 unspecified atom stereocenters. The van der Waals surface area contributed by atoms with Crippen molar-refractivity contribution in [3.05, 3.63) is 47.9 Å². The van der Waals surface area contributed by atoms with Crippen molar-refractivity contribution in [3.63, 3.8) is 0 Å². The highest BCUT2D eigenvalue weighted by molar-refractivity contribution is 7.99. The molecule has 5 heteroatoms. The SMILES string of the molecule is CCNC(C#N)(CCSc1nc(C)co1)c1ccccc1. The number of aromatic nitrogens is 1. The second kappa shape index (κ2) is 7.30. The van der Waals surface area contributed by atoms with E-state index in [0.717, 1.165) is 23.6 Å². The molecule has 0 aliphatic carbocycles. The summed E-state index contributed by atoms with van der Waals surface area (Å²) in [7, 11) is 0. The number of benzene rings is 1. The van der Waals surface area contributed by atoms with E-state index >= 15 is 0 Å². The fraction of sp³-hybridized carbons (Fsp3) is 0.375. The van der Waals surface area contributed by atoms with Crippen molar-refractivity contribution in [3.8, 4) is 6.07 Å². The fourth-order valence-electron chi connectivity index (χ4n) is 2.21. The van der Waals surface area contributed by atoms with Gasteiger partial charge in [0.2, 0.25) is 0 Å². The van der Waals surface area contributed by atoms with E-state index in [0.29, 0.717) is 11.6 Å². The second-order valence-corrected chi connectivity index (χ2v) is 5.81. The minimum atomic E-state index is -0.662. The normalized spacial score (nSPS) is 13.6. The van der Waals surface area contributed by atoms with Crippen LogP contribution in [0.5, 0.6) is 0 Å². The Bertz CT molecular complexity index is 605. The van der Waals surface area contributed by atoms with Crippen molar-refractivity contribution < 1.29 is 4.42 Å². The maximum atomic E-state index is 9.70. The molecule has 1 atom stereocenters. The van der Waals surface area contributed by atoms with Crippen molar-refractivity contribution >= 4 is 11.8 Å². The van der Waals surface area contributed by atoms with Crippen molar-refractivity contribution in [2.24, 2.45) is 0 Å². The third kappa shape index (κ3) is 3.87. The summed E-state index contributed by atoms with van der Waals surface area (Å²) < 4.78 is 5.33. The molecule has 0 saturated carbocycles. The molecule has 0 fully saturated rings. The topological polar surface area (TPSA) is 61.9 Å². The zero-order valence-corrected chi connectivity index (χ0v) is 13.1. The van der Waals surface area contributed by atoms with Gasteiger partial charge in [0.15, 0.2) is 0 Å². The quantitative estimate of drug-likeness (QED) is 0.793. The van der Waals surface area contributed by atoms with Crippen LogP contribution in [0.25, 0.3) is 0 Å². The number of nitrogens with one attached hydrogen (secondary N) is 1. The van der Waals surface area contributed by atoms with E-state index in [1.807, 2.05) is 44.2 Å². The van der Waals surface area contributed by atoms with Gasteiger partial charge >= 0.3 is 0 Å². The van der Waals surface area contributed by atoms with Gasteiger partial charge in [0.25, 0.3) is 5.22 Å². The molecule has 0 aliphatic heterocycles. The molecule has 0 amide bonds. The van der Waals surface area contributed by atoms with Crippen LogP contribution < -0.4 is 5.32 Å². The molecule has 1 heterocycles. The van der Waals surface area contributed by atoms with Crippen LogP contribution in [-0.2, 0) is 5.54 Å². The van der Waals surface area contributed by atoms with Crippen molar-refractivity contribution in [1.82, 2.24) is 10.3 Å². The van der Waals surface area contributed by atoms with Gasteiger partial charge < -0.3 is 4.42 Å². The molecule has 1 aromatic carbocycles. The molecule has 2 rings (SSSR count). The average Bonchev–Trinajstić information content (AvgIpc) is 2.93. The summed E-state index contributed by atoms with van der Waals surface area (Å²) in [4.78, 5) is 4.27. The van der Waals surface area contributed by atoms with Crippen LogP contribution in [0.2, 0.25) is 0 Å². The summed E-state index contributed by atoms with van der Waals surface area (Å²) in [6, 6.07) is 12.3. The zero-order chi connectivity index (χ0) is 15.1. The Kier molecular flexibility index (Phi) is 5.43. The van der Waals surface area contributed by atoms with E-state index in [1.54, 1.807) is 6.26 Å². The first kappa shape index (κ1) is 15.6. The third-order valence-corrected chi connectivity index (χ3v) is 4.08. The Morgan fingerprint density at radius 2 is 2.14 bits per heavy atom. The van der Waals surface area contributed by atoms with E-state index in [2.05, 4.69) is 16.4 Å². The van der Waals surface area contributed by atoms with Crippen LogP contribution in [0.4, 0.5) is 0 Å². The summed E-state index contributed by atoms with van der Waals surface area (Å²) in [5.41, 5.74) is 1.21. The lowest BCUT2D eigenvalue weighted by Crippen LogP contribution is -2.41. The number of hydrogen-bond acceptors (Lipinski definition) is 5. The Labute approximate surface area is 129 Å². The Hall–Kier alpha value is -1.77. The summed E-state index contributed by atoms with van der Waals surface area (Å²) in [5, 5.41) is 13.7. The van der Waals surface area contributed by atoms with Crippen molar-refractivity contribution in [2.75, 3.05) is 12.3 Å². The molecule has 0 saturated heterocycles. The van der Waals surface area contributed by atoms with Crippen LogP contribution in [0, 0.1) is 18.3 Å². The summed E-state index contributed by atoms with van der Waals surface area (Å²) in [6.45, 7) is 4.65. The molecular formula is C16H19N3OS. The number of nitrogens with zero attached hydrogens (tertiary/aromatic N) is 2. The van der Waals surface area contributed by atoms with Crippen molar-refractivity contribution in [1.29, 1.82) is 5.26 Å². The van der Waals surface area contributed by atoms with Gasteiger partial charge in [-0.25, -0.2) is 4.98 Å². The second-order valence-electron chi connectivity index (χ2n) is 4.77. The molecule has 4 nitrogen and oxygen atoms in total. The van der Waals surface area contributed by atoms with Gasteiger partial charge in [-0.05, 0) is 25.5 Å².